The predicted molar refractivity (Wildman–Crippen MR) is 104 cm³/mol. The highest BCUT2D eigenvalue weighted by Gasteiger charge is 2.18. The normalized spacial score (nSPS) is 19.8. The molecule has 1 amide bonds. The summed E-state index contributed by atoms with van der Waals surface area (Å²) in [5.41, 5.74) is 1.33. The van der Waals surface area contributed by atoms with Crippen LogP contribution in [-0.2, 0) is 4.79 Å². The summed E-state index contributed by atoms with van der Waals surface area (Å²) in [6, 6.07) is 10.7. The van der Waals surface area contributed by atoms with Gasteiger partial charge in [0.1, 0.15) is 0 Å². The zero-order valence-electron chi connectivity index (χ0n) is 15.5. The summed E-state index contributed by atoms with van der Waals surface area (Å²) in [5, 5.41) is 3.13. The highest BCUT2D eigenvalue weighted by atomic mass is 16.1. The van der Waals surface area contributed by atoms with E-state index in [9.17, 15) is 4.79 Å². The summed E-state index contributed by atoms with van der Waals surface area (Å²) in [5.74, 6) is 0.903. The number of nitrogens with zero attached hydrogens (tertiary/aromatic N) is 2. The number of nitrogens with one attached hydrogen (secondary N) is 1. The Morgan fingerprint density at radius 1 is 1.00 bits per heavy atom. The molecule has 0 radical (unpaired) electrons. The first-order valence-electron chi connectivity index (χ1n) is 10.1. The fourth-order valence-electron chi connectivity index (χ4n) is 4.12. The van der Waals surface area contributed by atoms with Gasteiger partial charge >= 0.3 is 0 Å². The summed E-state index contributed by atoms with van der Waals surface area (Å²) < 4.78 is 0. The summed E-state index contributed by atoms with van der Waals surface area (Å²) in [7, 11) is 0. The van der Waals surface area contributed by atoms with Crippen molar-refractivity contribution in [3.63, 3.8) is 0 Å². The van der Waals surface area contributed by atoms with Crippen LogP contribution in [0.2, 0.25) is 0 Å². The molecule has 4 nitrogen and oxygen atoms in total. The van der Waals surface area contributed by atoms with Crippen LogP contribution in [0.15, 0.2) is 30.3 Å². The first-order valence-corrected chi connectivity index (χ1v) is 10.1. The standard InChI is InChI=1S/C21H33N3O/c25-21(18-19-8-3-1-4-9-19)22-12-7-13-23-14-16-24(17-15-23)20-10-5-2-6-11-20/h2,5-6,10-11,19H,1,3-4,7-9,12-18H2,(H,22,25). The molecule has 0 atom stereocenters. The lowest BCUT2D eigenvalue weighted by Crippen LogP contribution is -2.47. The van der Waals surface area contributed by atoms with Crippen molar-refractivity contribution in [1.82, 2.24) is 10.2 Å². The third-order valence-electron chi connectivity index (χ3n) is 5.67. The number of benzene rings is 1. The fraction of sp³-hybridized carbons (Fsp3) is 0.667. The number of amides is 1. The molecule has 4 heteroatoms. The van der Waals surface area contributed by atoms with Crippen molar-refractivity contribution in [2.24, 2.45) is 5.92 Å². The van der Waals surface area contributed by atoms with Crippen LogP contribution in [0.25, 0.3) is 0 Å². The molecule has 1 aromatic carbocycles. The van der Waals surface area contributed by atoms with Crippen LogP contribution in [0.1, 0.15) is 44.9 Å². The molecule has 2 fully saturated rings. The Morgan fingerprint density at radius 2 is 1.72 bits per heavy atom. The third-order valence-corrected chi connectivity index (χ3v) is 5.67. The molecule has 0 aromatic heterocycles. The second-order valence-electron chi connectivity index (χ2n) is 7.58. The molecule has 138 valence electrons. The summed E-state index contributed by atoms with van der Waals surface area (Å²) in [4.78, 5) is 17.0. The van der Waals surface area contributed by atoms with Gasteiger partial charge in [0, 0.05) is 44.8 Å². The van der Waals surface area contributed by atoms with Crippen LogP contribution in [0, 0.1) is 5.92 Å². The summed E-state index contributed by atoms with van der Waals surface area (Å²) in [6.07, 6.45) is 8.28. The molecule has 1 heterocycles. The number of hydrogen-bond donors (Lipinski definition) is 1. The molecule has 1 aliphatic heterocycles. The number of piperazine rings is 1. The topological polar surface area (TPSA) is 35.6 Å². The van der Waals surface area contributed by atoms with Gasteiger partial charge in [-0.1, -0.05) is 37.5 Å². The molecular weight excluding hydrogens is 310 g/mol. The lowest BCUT2D eigenvalue weighted by molar-refractivity contribution is -0.122. The van der Waals surface area contributed by atoms with E-state index in [1.54, 1.807) is 0 Å². The molecule has 1 saturated carbocycles. The molecular formula is C21H33N3O. The van der Waals surface area contributed by atoms with Gasteiger partial charge in [0.05, 0.1) is 0 Å². The largest absolute Gasteiger partial charge is 0.369 e. The van der Waals surface area contributed by atoms with Crippen LogP contribution in [0.5, 0.6) is 0 Å². The molecule has 25 heavy (non-hydrogen) atoms. The van der Waals surface area contributed by atoms with Gasteiger partial charge in [-0.2, -0.15) is 0 Å². The molecule has 1 N–H and O–H groups in total. The van der Waals surface area contributed by atoms with Gasteiger partial charge in [-0.25, -0.2) is 0 Å². The maximum absolute atomic E-state index is 12.0. The van der Waals surface area contributed by atoms with E-state index >= 15 is 0 Å². The van der Waals surface area contributed by atoms with Crippen molar-refractivity contribution in [3.8, 4) is 0 Å². The average molecular weight is 344 g/mol. The summed E-state index contributed by atoms with van der Waals surface area (Å²) >= 11 is 0. The molecule has 1 saturated heterocycles. The second kappa shape index (κ2) is 9.81. The first kappa shape index (κ1) is 18.2. The van der Waals surface area contributed by atoms with Gasteiger partial charge in [-0.3, -0.25) is 9.69 Å². The van der Waals surface area contributed by atoms with Crippen molar-refractivity contribution >= 4 is 11.6 Å². The molecule has 1 aromatic rings. The number of carbonyl (C=O) groups excluding carboxylic acids is 1. The number of hydrogen-bond acceptors (Lipinski definition) is 3. The Kier molecular flexibility index (Phi) is 7.16. The second-order valence-corrected chi connectivity index (χ2v) is 7.58. The molecule has 0 unspecified atom stereocenters. The molecule has 3 rings (SSSR count). The Balaban J connectivity index is 1.25. The molecule has 0 spiro atoms. The number of rotatable bonds is 7. The van der Waals surface area contributed by atoms with E-state index in [2.05, 4.69) is 45.4 Å². The Hall–Kier alpha value is -1.55. The Morgan fingerprint density at radius 3 is 2.44 bits per heavy atom. The highest BCUT2D eigenvalue weighted by molar-refractivity contribution is 5.76. The van der Waals surface area contributed by atoms with E-state index in [1.165, 1.54) is 37.8 Å². The minimum Gasteiger partial charge on any atom is -0.369 e. The summed E-state index contributed by atoms with van der Waals surface area (Å²) in [6.45, 7) is 6.34. The van der Waals surface area contributed by atoms with E-state index in [0.717, 1.165) is 52.1 Å². The van der Waals surface area contributed by atoms with Gasteiger partial charge in [0.25, 0.3) is 0 Å². The number of anilines is 1. The average Bonchev–Trinajstić information content (AvgIpc) is 2.67. The van der Waals surface area contributed by atoms with Crippen LogP contribution in [-0.4, -0.2) is 50.1 Å². The van der Waals surface area contributed by atoms with Crippen LogP contribution >= 0.6 is 0 Å². The number of para-hydroxylation sites is 1. The quantitative estimate of drug-likeness (QED) is 0.772. The molecule has 0 bridgehead atoms. The number of carbonyl (C=O) groups is 1. The minimum atomic E-state index is 0.265. The maximum atomic E-state index is 12.0. The smallest absolute Gasteiger partial charge is 0.220 e. The van der Waals surface area contributed by atoms with Crippen LogP contribution in [0.4, 0.5) is 5.69 Å². The van der Waals surface area contributed by atoms with Gasteiger partial charge in [0.2, 0.25) is 5.91 Å². The van der Waals surface area contributed by atoms with Crippen molar-refractivity contribution in [3.05, 3.63) is 30.3 Å². The van der Waals surface area contributed by atoms with Crippen molar-refractivity contribution in [1.29, 1.82) is 0 Å². The zero-order chi connectivity index (χ0) is 17.3. The van der Waals surface area contributed by atoms with Crippen molar-refractivity contribution in [2.75, 3.05) is 44.2 Å². The van der Waals surface area contributed by atoms with Crippen LogP contribution < -0.4 is 10.2 Å². The van der Waals surface area contributed by atoms with E-state index in [1.807, 2.05) is 0 Å². The first-order chi connectivity index (χ1) is 12.3. The van der Waals surface area contributed by atoms with Gasteiger partial charge in [-0.15, -0.1) is 0 Å². The third kappa shape index (κ3) is 6.03. The van der Waals surface area contributed by atoms with Gasteiger partial charge in [-0.05, 0) is 43.9 Å². The van der Waals surface area contributed by atoms with E-state index < -0.39 is 0 Å². The SMILES string of the molecule is O=C(CC1CCCCC1)NCCCN1CCN(c2ccccc2)CC1. The lowest BCUT2D eigenvalue weighted by atomic mass is 9.87. The monoisotopic (exact) mass is 343 g/mol. The molecule has 2 aliphatic rings. The van der Waals surface area contributed by atoms with Crippen LogP contribution in [0.3, 0.4) is 0 Å². The van der Waals surface area contributed by atoms with E-state index in [4.69, 9.17) is 0 Å². The predicted octanol–water partition coefficient (Wildman–Crippen LogP) is 3.29. The minimum absolute atomic E-state index is 0.265. The van der Waals surface area contributed by atoms with E-state index in [-0.39, 0.29) is 5.91 Å². The Bertz CT molecular complexity index is 505. The fourth-order valence-corrected chi connectivity index (χ4v) is 4.12. The van der Waals surface area contributed by atoms with Gasteiger partial charge in [0.15, 0.2) is 0 Å². The van der Waals surface area contributed by atoms with E-state index in [0.29, 0.717) is 5.92 Å². The Labute approximate surface area is 152 Å². The zero-order valence-corrected chi connectivity index (χ0v) is 15.5. The lowest BCUT2D eigenvalue weighted by Gasteiger charge is -2.36. The highest BCUT2D eigenvalue weighted by Crippen LogP contribution is 2.26. The van der Waals surface area contributed by atoms with Gasteiger partial charge < -0.3 is 10.2 Å². The van der Waals surface area contributed by atoms with Crippen molar-refractivity contribution < 1.29 is 4.79 Å². The molecule has 1 aliphatic carbocycles. The maximum Gasteiger partial charge on any atom is 0.220 e. The van der Waals surface area contributed by atoms with Crippen molar-refractivity contribution in [2.45, 2.75) is 44.9 Å².